The van der Waals surface area contributed by atoms with Crippen LogP contribution in [0.15, 0.2) is 0 Å². The van der Waals surface area contributed by atoms with Gasteiger partial charge < -0.3 is 10.4 Å². The van der Waals surface area contributed by atoms with Crippen molar-refractivity contribution < 1.29 is 5.11 Å². The minimum Gasteiger partial charge on any atom is -0.396 e. The smallest absolute Gasteiger partial charge is 0.0433 e. The lowest BCUT2D eigenvalue weighted by atomic mass is 9.97. The Morgan fingerprint density at radius 1 is 1.13 bits per heavy atom. The van der Waals surface area contributed by atoms with E-state index < -0.39 is 0 Å². The van der Waals surface area contributed by atoms with Crippen LogP contribution in [-0.2, 0) is 0 Å². The summed E-state index contributed by atoms with van der Waals surface area (Å²) in [6.45, 7) is 11.5. The molecule has 0 aliphatic heterocycles. The van der Waals surface area contributed by atoms with Gasteiger partial charge in [-0.3, -0.25) is 0 Å². The van der Waals surface area contributed by atoms with Gasteiger partial charge in [-0.15, -0.1) is 0 Å². The summed E-state index contributed by atoms with van der Waals surface area (Å²) in [5.41, 5.74) is 0.393. The van der Waals surface area contributed by atoms with E-state index in [4.69, 9.17) is 5.11 Å². The fourth-order valence-electron chi connectivity index (χ4n) is 1.57. The highest BCUT2D eigenvalue weighted by Gasteiger charge is 2.08. The van der Waals surface area contributed by atoms with Gasteiger partial charge in [-0.1, -0.05) is 40.5 Å². The Morgan fingerprint density at radius 2 is 1.80 bits per heavy atom. The molecule has 0 bridgehead atoms. The Bertz CT molecular complexity index is 140. The number of aliphatic hydroxyl groups excluding tert-OH is 1. The number of hydrogen-bond acceptors (Lipinski definition) is 2. The number of hydrogen-bond donors (Lipinski definition) is 2. The lowest BCUT2D eigenvalue weighted by Gasteiger charge is -2.18. The van der Waals surface area contributed by atoms with Crippen molar-refractivity contribution in [3.05, 3.63) is 0 Å². The monoisotopic (exact) mass is 215 g/mol. The summed E-state index contributed by atoms with van der Waals surface area (Å²) in [5.74, 6) is 0.678. The molecule has 0 saturated carbocycles. The molecule has 0 amide bonds. The van der Waals surface area contributed by atoms with E-state index in [1.165, 1.54) is 19.3 Å². The van der Waals surface area contributed by atoms with Crippen LogP contribution in [0, 0.1) is 11.3 Å². The Hall–Kier alpha value is -0.0800. The maximum atomic E-state index is 8.75. The summed E-state index contributed by atoms with van der Waals surface area (Å²) in [6.07, 6.45) is 4.73. The molecule has 1 unspecified atom stereocenters. The molecule has 0 radical (unpaired) electrons. The van der Waals surface area contributed by atoms with Crippen LogP contribution >= 0.6 is 0 Å². The second kappa shape index (κ2) is 8.12. The highest BCUT2D eigenvalue weighted by molar-refractivity contribution is 4.64. The van der Waals surface area contributed by atoms with Gasteiger partial charge in [0, 0.05) is 6.61 Å². The summed E-state index contributed by atoms with van der Waals surface area (Å²) < 4.78 is 0. The zero-order chi connectivity index (χ0) is 11.7. The summed E-state index contributed by atoms with van der Waals surface area (Å²) >= 11 is 0. The van der Waals surface area contributed by atoms with E-state index in [0.717, 1.165) is 19.5 Å². The molecule has 0 heterocycles. The first-order valence-electron chi connectivity index (χ1n) is 6.27. The summed E-state index contributed by atoms with van der Waals surface area (Å²) in [4.78, 5) is 0. The molecular weight excluding hydrogens is 186 g/mol. The highest BCUT2D eigenvalue weighted by Crippen LogP contribution is 2.12. The summed E-state index contributed by atoms with van der Waals surface area (Å²) in [6, 6.07) is 0. The third-order valence-corrected chi connectivity index (χ3v) is 2.58. The molecule has 0 saturated heterocycles. The van der Waals surface area contributed by atoms with Crippen LogP contribution in [0.1, 0.15) is 53.4 Å². The van der Waals surface area contributed by atoms with Crippen molar-refractivity contribution in [1.29, 1.82) is 0 Å². The predicted octanol–water partition coefficient (Wildman–Crippen LogP) is 2.81. The van der Waals surface area contributed by atoms with E-state index in [9.17, 15) is 0 Å². The minimum atomic E-state index is 0.337. The first-order valence-corrected chi connectivity index (χ1v) is 6.27. The number of rotatable bonds is 8. The summed E-state index contributed by atoms with van der Waals surface area (Å²) in [5, 5.41) is 12.2. The Morgan fingerprint density at radius 3 is 2.33 bits per heavy atom. The van der Waals surface area contributed by atoms with Crippen LogP contribution in [0.4, 0.5) is 0 Å². The SMILES string of the molecule is CC(CCO)CCCCNCC(C)(C)C. The molecule has 1 atom stereocenters. The van der Waals surface area contributed by atoms with Gasteiger partial charge in [0.2, 0.25) is 0 Å². The normalized spacial score (nSPS) is 14.2. The molecule has 2 heteroatoms. The van der Waals surface area contributed by atoms with Crippen molar-refractivity contribution in [3.8, 4) is 0 Å². The van der Waals surface area contributed by atoms with Gasteiger partial charge in [-0.2, -0.15) is 0 Å². The van der Waals surface area contributed by atoms with Crippen molar-refractivity contribution in [1.82, 2.24) is 5.32 Å². The number of nitrogens with one attached hydrogen (secondary N) is 1. The fraction of sp³-hybridized carbons (Fsp3) is 1.00. The molecule has 0 aromatic carbocycles. The Labute approximate surface area is 95.5 Å². The number of unbranched alkanes of at least 4 members (excludes halogenated alkanes) is 1. The lowest BCUT2D eigenvalue weighted by molar-refractivity contribution is 0.256. The van der Waals surface area contributed by atoms with Gasteiger partial charge in [-0.05, 0) is 37.3 Å². The molecule has 92 valence electrons. The minimum absolute atomic E-state index is 0.337. The van der Waals surface area contributed by atoms with Gasteiger partial charge in [0.15, 0.2) is 0 Å². The van der Waals surface area contributed by atoms with E-state index in [2.05, 4.69) is 33.0 Å². The first kappa shape index (κ1) is 14.9. The maximum absolute atomic E-state index is 8.75. The van der Waals surface area contributed by atoms with Crippen molar-refractivity contribution in [2.45, 2.75) is 53.4 Å². The van der Waals surface area contributed by atoms with Crippen molar-refractivity contribution in [3.63, 3.8) is 0 Å². The fourth-order valence-corrected chi connectivity index (χ4v) is 1.57. The highest BCUT2D eigenvalue weighted by atomic mass is 16.3. The van der Waals surface area contributed by atoms with Crippen LogP contribution in [0.2, 0.25) is 0 Å². The molecular formula is C13H29NO. The van der Waals surface area contributed by atoms with Gasteiger partial charge in [0.05, 0.1) is 0 Å². The van der Waals surface area contributed by atoms with E-state index in [1.807, 2.05) is 0 Å². The average molecular weight is 215 g/mol. The molecule has 0 aromatic heterocycles. The second-order valence-corrected chi connectivity index (χ2v) is 5.85. The second-order valence-electron chi connectivity index (χ2n) is 5.85. The molecule has 2 nitrogen and oxygen atoms in total. The largest absolute Gasteiger partial charge is 0.396 e. The van der Waals surface area contributed by atoms with E-state index in [0.29, 0.717) is 17.9 Å². The van der Waals surface area contributed by atoms with Gasteiger partial charge in [0.25, 0.3) is 0 Å². The van der Waals surface area contributed by atoms with Crippen molar-refractivity contribution >= 4 is 0 Å². The summed E-state index contributed by atoms with van der Waals surface area (Å²) in [7, 11) is 0. The van der Waals surface area contributed by atoms with Crippen LogP contribution in [0.3, 0.4) is 0 Å². The maximum Gasteiger partial charge on any atom is 0.0433 e. The van der Waals surface area contributed by atoms with E-state index in [-0.39, 0.29) is 0 Å². The molecule has 0 aromatic rings. The van der Waals surface area contributed by atoms with Gasteiger partial charge >= 0.3 is 0 Å². The quantitative estimate of drug-likeness (QED) is 0.610. The van der Waals surface area contributed by atoms with Crippen LogP contribution in [0.5, 0.6) is 0 Å². The topological polar surface area (TPSA) is 32.3 Å². The predicted molar refractivity (Wildman–Crippen MR) is 67.0 cm³/mol. The van der Waals surface area contributed by atoms with Crippen LogP contribution in [-0.4, -0.2) is 24.8 Å². The Balaban J connectivity index is 3.18. The first-order chi connectivity index (χ1) is 6.95. The average Bonchev–Trinajstić information content (AvgIpc) is 2.09. The van der Waals surface area contributed by atoms with Crippen LogP contribution in [0.25, 0.3) is 0 Å². The molecule has 0 aliphatic rings. The van der Waals surface area contributed by atoms with Crippen molar-refractivity contribution in [2.75, 3.05) is 19.7 Å². The molecule has 15 heavy (non-hydrogen) atoms. The van der Waals surface area contributed by atoms with Gasteiger partial charge in [-0.25, -0.2) is 0 Å². The zero-order valence-corrected chi connectivity index (χ0v) is 11.0. The number of aliphatic hydroxyl groups is 1. The molecule has 0 aliphatic carbocycles. The van der Waals surface area contributed by atoms with Crippen molar-refractivity contribution in [2.24, 2.45) is 11.3 Å². The Kier molecular flexibility index (Phi) is 8.07. The van der Waals surface area contributed by atoms with E-state index in [1.54, 1.807) is 0 Å². The third-order valence-electron chi connectivity index (χ3n) is 2.58. The zero-order valence-electron chi connectivity index (χ0n) is 11.0. The molecule has 0 spiro atoms. The van der Waals surface area contributed by atoms with Crippen LogP contribution < -0.4 is 5.32 Å². The molecule has 0 rings (SSSR count). The lowest BCUT2D eigenvalue weighted by Crippen LogP contribution is -2.27. The standard InChI is InChI=1S/C13H29NO/c1-12(8-10-15)7-5-6-9-14-11-13(2,3)4/h12,14-15H,5-11H2,1-4H3. The molecule has 0 fully saturated rings. The third kappa shape index (κ3) is 11.8. The molecule has 2 N–H and O–H groups in total. The van der Waals surface area contributed by atoms with Gasteiger partial charge in [0.1, 0.15) is 0 Å². The van der Waals surface area contributed by atoms with E-state index >= 15 is 0 Å².